The highest BCUT2D eigenvalue weighted by atomic mass is 19.4. The number of nitrogens with two attached hydrogens (primary N) is 1. The Labute approximate surface area is 121 Å². The standard InChI is InChI=1S/C14H18F3N3O/c1-2-3-9-6-7-20(8-9)13-10(12(18)21)4-5-11(19-13)14(15,16)17/h4-5,9H,2-3,6-8H2,1H3,(H2,18,21). The van der Waals surface area contributed by atoms with E-state index in [0.29, 0.717) is 19.0 Å². The number of primary amides is 1. The second kappa shape index (κ2) is 5.91. The van der Waals surface area contributed by atoms with Gasteiger partial charge in [0.15, 0.2) is 0 Å². The van der Waals surface area contributed by atoms with Gasteiger partial charge in [0.1, 0.15) is 11.5 Å². The van der Waals surface area contributed by atoms with E-state index in [2.05, 4.69) is 11.9 Å². The molecule has 1 unspecified atom stereocenters. The number of aromatic nitrogens is 1. The highest BCUT2D eigenvalue weighted by Gasteiger charge is 2.35. The Bertz CT molecular complexity index is 531. The zero-order valence-electron chi connectivity index (χ0n) is 11.8. The summed E-state index contributed by atoms with van der Waals surface area (Å²) in [6.45, 7) is 3.28. The Morgan fingerprint density at radius 2 is 2.19 bits per heavy atom. The Balaban J connectivity index is 2.34. The summed E-state index contributed by atoms with van der Waals surface area (Å²) in [6.07, 6.45) is -1.60. The number of hydrogen-bond acceptors (Lipinski definition) is 3. The van der Waals surface area contributed by atoms with Crippen molar-refractivity contribution < 1.29 is 18.0 Å². The zero-order valence-corrected chi connectivity index (χ0v) is 11.8. The summed E-state index contributed by atoms with van der Waals surface area (Å²) in [5.41, 5.74) is 4.29. The summed E-state index contributed by atoms with van der Waals surface area (Å²) in [6, 6.07) is 1.91. The van der Waals surface area contributed by atoms with E-state index in [9.17, 15) is 18.0 Å². The molecule has 1 aromatic heterocycles. The van der Waals surface area contributed by atoms with Crippen molar-refractivity contribution in [2.24, 2.45) is 11.7 Å². The summed E-state index contributed by atoms with van der Waals surface area (Å²) in [7, 11) is 0. The van der Waals surface area contributed by atoms with Crippen LogP contribution >= 0.6 is 0 Å². The molecule has 1 amide bonds. The van der Waals surface area contributed by atoms with Gasteiger partial charge in [-0.3, -0.25) is 4.79 Å². The summed E-state index contributed by atoms with van der Waals surface area (Å²) < 4.78 is 38.4. The Morgan fingerprint density at radius 1 is 1.48 bits per heavy atom. The fraction of sp³-hybridized carbons (Fsp3) is 0.571. The number of pyridine rings is 1. The molecule has 1 atom stereocenters. The van der Waals surface area contributed by atoms with E-state index in [4.69, 9.17) is 5.73 Å². The van der Waals surface area contributed by atoms with Crippen LogP contribution in [0.15, 0.2) is 12.1 Å². The molecule has 4 nitrogen and oxygen atoms in total. The van der Waals surface area contributed by atoms with Crippen molar-refractivity contribution in [3.63, 3.8) is 0 Å². The van der Waals surface area contributed by atoms with Crippen LogP contribution in [0, 0.1) is 5.92 Å². The lowest BCUT2D eigenvalue weighted by Gasteiger charge is -2.21. The number of carbonyl (C=O) groups excluding carboxylic acids is 1. The maximum Gasteiger partial charge on any atom is 0.433 e. The largest absolute Gasteiger partial charge is 0.433 e. The summed E-state index contributed by atoms with van der Waals surface area (Å²) >= 11 is 0. The first kappa shape index (κ1) is 15.6. The molecule has 1 aliphatic rings. The molecule has 2 heterocycles. The third-order valence-electron chi connectivity index (χ3n) is 3.71. The molecule has 2 N–H and O–H groups in total. The van der Waals surface area contributed by atoms with Crippen LogP contribution in [0.3, 0.4) is 0 Å². The van der Waals surface area contributed by atoms with Crippen LogP contribution in [0.25, 0.3) is 0 Å². The molecule has 7 heteroatoms. The van der Waals surface area contributed by atoms with Crippen LogP contribution in [0.2, 0.25) is 0 Å². The summed E-state index contributed by atoms with van der Waals surface area (Å²) in [5.74, 6) is -0.284. The van der Waals surface area contributed by atoms with Gasteiger partial charge < -0.3 is 10.6 Å². The zero-order chi connectivity index (χ0) is 15.6. The van der Waals surface area contributed by atoms with Gasteiger partial charge >= 0.3 is 6.18 Å². The smallest absolute Gasteiger partial charge is 0.365 e. The van der Waals surface area contributed by atoms with Crippen molar-refractivity contribution in [1.29, 1.82) is 0 Å². The van der Waals surface area contributed by atoms with E-state index in [1.807, 2.05) is 0 Å². The van der Waals surface area contributed by atoms with Crippen molar-refractivity contribution in [2.75, 3.05) is 18.0 Å². The maximum atomic E-state index is 12.8. The summed E-state index contributed by atoms with van der Waals surface area (Å²) in [5, 5.41) is 0. The first-order chi connectivity index (χ1) is 9.82. The van der Waals surface area contributed by atoms with E-state index in [0.717, 1.165) is 31.4 Å². The minimum atomic E-state index is -4.53. The molecule has 0 radical (unpaired) electrons. The van der Waals surface area contributed by atoms with E-state index >= 15 is 0 Å². The van der Waals surface area contributed by atoms with E-state index in [-0.39, 0.29) is 11.4 Å². The van der Waals surface area contributed by atoms with Gasteiger partial charge in [0, 0.05) is 13.1 Å². The predicted molar refractivity (Wildman–Crippen MR) is 73.0 cm³/mol. The lowest BCUT2D eigenvalue weighted by molar-refractivity contribution is -0.141. The molecule has 2 rings (SSSR count). The normalized spacial score (nSPS) is 19.0. The predicted octanol–water partition coefficient (Wildman–Crippen LogP) is 2.83. The monoisotopic (exact) mass is 301 g/mol. The van der Waals surface area contributed by atoms with Crippen molar-refractivity contribution in [3.8, 4) is 0 Å². The molecule has 0 bridgehead atoms. The maximum absolute atomic E-state index is 12.8. The lowest BCUT2D eigenvalue weighted by Crippen LogP contribution is -2.26. The molecule has 0 aromatic carbocycles. The molecular weight excluding hydrogens is 283 g/mol. The Hall–Kier alpha value is -1.79. The SMILES string of the molecule is CCCC1CCN(c2nc(C(F)(F)F)ccc2C(N)=O)C1. The number of carbonyl (C=O) groups is 1. The number of amides is 1. The van der Waals surface area contributed by atoms with Gasteiger partial charge in [0.25, 0.3) is 5.91 Å². The molecule has 1 saturated heterocycles. The quantitative estimate of drug-likeness (QED) is 0.930. The number of halogens is 3. The first-order valence-electron chi connectivity index (χ1n) is 6.96. The van der Waals surface area contributed by atoms with E-state index in [1.165, 1.54) is 0 Å². The van der Waals surface area contributed by atoms with Crippen LogP contribution < -0.4 is 10.6 Å². The Morgan fingerprint density at radius 3 is 2.76 bits per heavy atom. The molecular formula is C14H18F3N3O. The average Bonchev–Trinajstić information content (AvgIpc) is 2.86. The van der Waals surface area contributed by atoms with Gasteiger partial charge in [0.2, 0.25) is 0 Å². The van der Waals surface area contributed by atoms with Crippen molar-refractivity contribution in [1.82, 2.24) is 4.98 Å². The van der Waals surface area contributed by atoms with Crippen molar-refractivity contribution >= 4 is 11.7 Å². The number of hydrogen-bond donors (Lipinski definition) is 1. The topological polar surface area (TPSA) is 59.2 Å². The van der Waals surface area contributed by atoms with E-state index in [1.54, 1.807) is 4.90 Å². The van der Waals surface area contributed by atoms with Gasteiger partial charge in [-0.05, 0) is 30.9 Å². The number of rotatable bonds is 4. The molecule has 0 aliphatic carbocycles. The van der Waals surface area contributed by atoms with Crippen LogP contribution in [-0.4, -0.2) is 24.0 Å². The highest BCUT2D eigenvalue weighted by Crippen LogP contribution is 2.32. The molecule has 1 aromatic rings. The van der Waals surface area contributed by atoms with Crippen molar-refractivity contribution in [3.05, 3.63) is 23.4 Å². The minimum absolute atomic E-state index is 0.0418. The van der Waals surface area contributed by atoms with Gasteiger partial charge in [-0.1, -0.05) is 13.3 Å². The highest BCUT2D eigenvalue weighted by molar-refractivity contribution is 5.97. The van der Waals surface area contributed by atoms with Crippen LogP contribution in [0.1, 0.15) is 42.2 Å². The van der Waals surface area contributed by atoms with Gasteiger partial charge in [-0.2, -0.15) is 13.2 Å². The summed E-state index contributed by atoms with van der Waals surface area (Å²) in [4.78, 5) is 16.8. The van der Waals surface area contributed by atoms with Crippen LogP contribution in [-0.2, 0) is 6.18 Å². The molecule has 116 valence electrons. The number of alkyl halides is 3. The van der Waals surface area contributed by atoms with Crippen LogP contribution in [0.5, 0.6) is 0 Å². The number of anilines is 1. The minimum Gasteiger partial charge on any atom is -0.365 e. The third kappa shape index (κ3) is 3.46. The fourth-order valence-corrected chi connectivity index (χ4v) is 2.71. The third-order valence-corrected chi connectivity index (χ3v) is 3.71. The van der Waals surface area contributed by atoms with Gasteiger partial charge in [0.05, 0.1) is 5.56 Å². The average molecular weight is 301 g/mol. The van der Waals surface area contributed by atoms with Crippen molar-refractivity contribution in [2.45, 2.75) is 32.4 Å². The van der Waals surface area contributed by atoms with Gasteiger partial charge in [-0.15, -0.1) is 0 Å². The van der Waals surface area contributed by atoms with E-state index < -0.39 is 17.8 Å². The molecule has 1 aliphatic heterocycles. The molecule has 0 saturated carbocycles. The molecule has 21 heavy (non-hydrogen) atoms. The molecule has 1 fully saturated rings. The number of nitrogens with zero attached hydrogens (tertiary/aromatic N) is 2. The lowest BCUT2D eigenvalue weighted by atomic mass is 10.0. The second-order valence-corrected chi connectivity index (χ2v) is 5.32. The Kier molecular flexibility index (Phi) is 4.39. The van der Waals surface area contributed by atoms with Crippen LogP contribution in [0.4, 0.5) is 19.0 Å². The van der Waals surface area contributed by atoms with Gasteiger partial charge in [-0.25, -0.2) is 4.98 Å². The first-order valence-corrected chi connectivity index (χ1v) is 6.96. The molecule has 0 spiro atoms. The fourth-order valence-electron chi connectivity index (χ4n) is 2.71. The second-order valence-electron chi connectivity index (χ2n) is 5.32.